The van der Waals surface area contributed by atoms with Crippen molar-refractivity contribution in [3.8, 4) is 0 Å². The molecule has 27 heavy (non-hydrogen) atoms. The smallest absolute Gasteiger partial charge is 0.238 e. The number of hydrogen-bond donors (Lipinski definition) is 1. The highest BCUT2D eigenvalue weighted by Gasteiger charge is 2.23. The first kappa shape index (κ1) is 19.1. The number of para-hydroxylation sites is 1. The molecule has 142 valence electrons. The number of nitrogens with one attached hydrogen (secondary N) is 1. The minimum atomic E-state index is -0.0151. The van der Waals surface area contributed by atoms with Gasteiger partial charge in [0.05, 0.1) is 6.54 Å². The Morgan fingerprint density at radius 3 is 2.15 bits per heavy atom. The van der Waals surface area contributed by atoms with Crippen molar-refractivity contribution in [2.45, 2.75) is 19.3 Å². The van der Waals surface area contributed by atoms with Gasteiger partial charge in [0.15, 0.2) is 0 Å². The second-order valence-electron chi connectivity index (χ2n) is 7.09. The summed E-state index contributed by atoms with van der Waals surface area (Å²) < 4.78 is 0. The van der Waals surface area contributed by atoms with Crippen LogP contribution in [0.25, 0.3) is 0 Å². The lowest BCUT2D eigenvalue weighted by Crippen LogP contribution is -2.50. The molecule has 3 rings (SSSR count). The summed E-state index contributed by atoms with van der Waals surface area (Å²) in [6.45, 7) is 5.27. The minimum absolute atomic E-state index is 0.0151. The molecule has 2 aromatic carbocycles. The van der Waals surface area contributed by atoms with Crippen LogP contribution >= 0.6 is 0 Å². The molecule has 1 aliphatic rings. The first-order valence-electron chi connectivity index (χ1n) is 9.52. The number of anilines is 1. The van der Waals surface area contributed by atoms with E-state index >= 15 is 0 Å². The van der Waals surface area contributed by atoms with E-state index in [1.165, 1.54) is 5.56 Å². The van der Waals surface area contributed by atoms with Crippen molar-refractivity contribution in [1.29, 1.82) is 0 Å². The first-order valence-corrected chi connectivity index (χ1v) is 9.52. The predicted octanol–water partition coefficient (Wildman–Crippen LogP) is 2.96. The van der Waals surface area contributed by atoms with E-state index in [2.05, 4.69) is 29.3 Å². The summed E-state index contributed by atoms with van der Waals surface area (Å²) in [7, 11) is 0. The molecule has 2 amide bonds. The Labute approximate surface area is 161 Å². The molecule has 2 aromatic rings. The molecule has 0 saturated carbocycles. The number of rotatable bonds is 6. The number of piperazine rings is 1. The Bertz CT molecular complexity index is 741. The van der Waals surface area contributed by atoms with Crippen LogP contribution in [-0.4, -0.2) is 54.3 Å². The van der Waals surface area contributed by atoms with Crippen LogP contribution in [0, 0.1) is 0 Å². The van der Waals surface area contributed by atoms with E-state index in [1.54, 1.807) is 0 Å². The lowest BCUT2D eigenvalue weighted by molar-refractivity contribution is -0.133. The fourth-order valence-corrected chi connectivity index (χ4v) is 3.37. The SMILES string of the molecule is CC(CC(=O)N1CCN(CC(=O)Nc2ccccc2)CC1)c1ccccc1. The van der Waals surface area contributed by atoms with Crippen LogP contribution in [0.4, 0.5) is 5.69 Å². The van der Waals surface area contributed by atoms with E-state index in [0.717, 1.165) is 18.8 Å². The molecule has 5 nitrogen and oxygen atoms in total. The zero-order valence-corrected chi connectivity index (χ0v) is 15.8. The van der Waals surface area contributed by atoms with Gasteiger partial charge in [-0.2, -0.15) is 0 Å². The van der Waals surface area contributed by atoms with Crippen molar-refractivity contribution in [2.75, 3.05) is 38.0 Å². The third-order valence-electron chi connectivity index (χ3n) is 5.00. The van der Waals surface area contributed by atoms with E-state index in [-0.39, 0.29) is 17.7 Å². The summed E-state index contributed by atoms with van der Waals surface area (Å²) in [6, 6.07) is 19.6. The van der Waals surface area contributed by atoms with Gasteiger partial charge in [-0.25, -0.2) is 0 Å². The fourth-order valence-electron chi connectivity index (χ4n) is 3.37. The summed E-state index contributed by atoms with van der Waals surface area (Å²) >= 11 is 0. The van der Waals surface area contributed by atoms with Crippen LogP contribution < -0.4 is 5.32 Å². The molecule has 0 aromatic heterocycles. The van der Waals surface area contributed by atoms with Crippen molar-refractivity contribution in [2.24, 2.45) is 0 Å². The summed E-state index contributed by atoms with van der Waals surface area (Å²) in [5.74, 6) is 0.395. The van der Waals surface area contributed by atoms with Gasteiger partial charge in [-0.05, 0) is 23.6 Å². The number of carbonyl (C=O) groups excluding carboxylic acids is 2. The predicted molar refractivity (Wildman–Crippen MR) is 108 cm³/mol. The van der Waals surface area contributed by atoms with Crippen molar-refractivity contribution in [1.82, 2.24) is 9.80 Å². The molecular formula is C22H27N3O2. The minimum Gasteiger partial charge on any atom is -0.340 e. The average Bonchev–Trinajstić information content (AvgIpc) is 2.70. The second-order valence-corrected chi connectivity index (χ2v) is 7.09. The Balaban J connectivity index is 1.41. The molecule has 1 atom stereocenters. The lowest BCUT2D eigenvalue weighted by Gasteiger charge is -2.34. The molecule has 0 aliphatic carbocycles. The van der Waals surface area contributed by atoms with Gasteiger partial charge in [0.25, 0.3) is 0 Å². The zero-order valence-electron chi connectivity index (χ0n) is 15.8. The molecule has 1 aliphatic heterocycles. The number of carbonyl (C=O) groups is 2. The summed E-state index contributed by atoms with van der Waals surface area (Å²) in [5.41, 5.74) is 2.01. The Morgan fingerprint density at radius 1 is 0.926 bits per heavy atom. The summed E-state index contributed by atoms with van der Waals surface area (Å²) in [5, 5.41) is 2.91. The number of benzene rings is 2. The van der Waals surface area contributed by atoms with Crippen molar-refractivity contribution in [3.63, 3.8) is 0 Å². The van der Waals surface area contributed by atoms with Gasteiger partial charge in [0.2, 0.25) is 11.8 Å². The standard InChI is InChI=1S/C22H27N3O2/c1-18(19-8-4-2-5-9-19)16-22(27)25-14-12-24(13-15-25)17-21(26)23-20-10-6-3-7-11-20/h2-11,18H,12-17H2,1H3,(H,23,26). The van der Waals surface area contributed by atoms with Crippen molar-refractivity contribution in [3.05, 3.63) is 66.2 Å². The summed E-state index contributed by atoms with van der Waals surface area (Å²) in [6.07, 6.45) is 0.526. The highest BCUT2D eigenvalue weighted by molar-refractivity contribution is 5.92. The quantitative estimate of drug-likeness (QED) is 0.856. The van der Waals surface area contributed by atoms with Gasteiger partial charge in [0, 0.05) is 38.3 Å². The molecule has 5 heteroatoms. The Kier molecular flexibility index (Phi) is 6.60. The lowest BCUT2D eigenvalue weighted by atomic mass is 9.97. The van der Waals surface area contributed by atoms with Crippen LogP contribution in [0.1, 0.15) is 24.8 Å². The normalized spacial score (nSPS) is 16.0. The third kappa shape index (κ3) is 5.66. The first-order chi connectivity index (χ1) is 13.1. The van der Waals surface area contributed by atoms with Crippen molar-refractivity contribution < 1.29 is 9.59 Å². The molecule has 1 heterocycles. The largest absolute Gasteiger partial charge is 0.340 e. The molecule has 0 radical (unpaired) electrons. The maximum atomic E-state index is 12.6. The molecule has 0 spiro atoms. The Hall–Kier alpha value is -2.66. The Morgan fingerprint density at radius 2 is 1.52 bits per heavy atom. The van der Waals surface area contributed by atoms with Crippen LogP contribution in [0.2, 0.25) is 0 Å². The number of amides is 2. The van der Waals surface area contributed by atoms with Gasteiger partial charge in [-0.15, -0.1) is 0 Å². The third-order valence-corrected chi connectivity index (χ3v) is 5.00. The molecule has 1 unspecified atom stereocenters. The van der Waals surface area contributed by atoms with Crippen LogP contribution in [-0.2, 0) is 9.59 Å². The average molecular weight is 365 g/mol. The molecule has 1 saturated heterocycles. The van der Waals surface area contributed by atoms with E-state index < -0.39 is 0 Å². The summed E-state index contributed by atoms with van der Waals surface area (Å²) in [4.78, 5) is 28.8. The van der Waals surface area contributed by atoms with Gasteiger partial charge < -0.3 is 10.2 Å². The van der Waals surface area contributed by atoms with Gasteiger partial charge in [-0.3, -0.25) is 14.5 Å². The number of hydrogen-bond acceptors (Lipinski definition) is 3. The topological polar surface area (TPSA) is 52.7 Å². The van der Waals surface area contributed by atoms with E-state index in [0.29, 0.717) is 26.1 Å². The van der Waals surface area contributed by atoms with Gasteiger partial charge >= 0.3 is 0 Å². The number of nitrogens with zero attached hydrogens (tertiary/aromatic N) is 2. The van der Waals surface area contributed by atoms with Crippen LogP contribution in [0.15, 0.2) is 60.7 Å². The second kappa shape index (κ2) is 9.33. The fraction of sp³-hybridized carbons (Fsp3) is 0.364. The van der Waals surface area contributed by atoms with E-state index in [9.17, 15) is 9.59 Å². The zero-order chi connectivity index (χ0) is 19.1. The highest BCUT2D eigenvalue weighted by atomic mass is 16.2. The van der Waals surface area contributed by atoms with Crippen molar-refractivity contribution >= 4 is 17.5 Å². The monoisotopic (exact) mass is 365 g/mol. The van der Waals surface area contributed by atoms with Gasteiger partial charge in [-0.1, -0.05) is 55.5 Å². The molecule has 0 bridgehead atoms. The molecule has 1 N–H and O–H groups in total. The van der Waals surface area contributed by atoms with E-state index in [1.807, 2.05) is 53.4 Å². The van der Waals surface area contributed by atoms with E-state index in [4.69, 9.17) is 0 Å². The highest BCUT2D eigenvalue weighted by Crippen LogP contribution is 2.20. The maximum Gasteiger partial charge on any atom is 0.238 e. The van der Waals surface area contributed by atoms with Crippen LogP contribution in [0.3, 0.4) is 0 Å². The molecule has 1 fully saturated rings. The van der Waals surface area contributed by atoms with Gasteiger partial charge in [0.1, 0.15) is 0 Å². The molecular weight excluding hydrogens is 338 g/mol. The van der Waals surface area contributed by atoms with Crippen LogP contribution in [0.5, 0.6) is 0 Å². The maximum absolute atomic E-state index is 12.6.